The van der Waals surface area contributed by atoms with Crippen molar-refractivity contribution in [3.8, 4) is 0 Å². The minimum absolute atomic E-state index is 0.347. The van der Waals surface area contributed by atoms with Crippen LogP contribution in [0.4, 0.5) is 0 Å². The molecule has 0 unspecified atom stereocenters. The zero-order chi connectivity index (χ0) is 16.1. The van der Waals surface area contributed by atoms with E-state index in [0.717, 1.165) is 0 Å². The molecule has 1 aromatic rings. The van der Waals surface area contributed by atoms with E-state index in [1.54, 1.807) is 0 Å². The van der Waals surface area contributed by atoms with Gasteiger partial charge < -0.3 is 4.90 Å². The summed E-state index contributed by atoms with van der Waals surface area (Å²) in [5.41, 5.74) is 2.85. The Bertz CT molecular complexity index is 554. The first-order valence-electron chi connectivity index (χ1n) is 9.27. The molecule has 2 aliphatic heterocycles. The largest absolute Gasteiger partial charge is 0.306 e. The summed E-state index contributed by atoms with van der Waals surface area (Å²) < 4.78 is 0. The number of pyridine rings is 1. The van der Waals surface area contributed by atoms with Gasteiger partial charge in [-0.2, -0.15) is 0 Å². The number of piperidine rings is 1. The molecule has 1 aliphatic carbocycles. The molecule has 1 saturated carbocycles. The third kappa shape index (κ3) is 2.62. The lowest BCUT2D eigenvalue weighted by Gasteiger charge is -2.58. The van der Waals surface area contributed by atoms with E-state index in [1.807, 2.05) is 12.4 Å². The molecule has 0 amide bonds. The molecule has 0 atom stereocenters. The Kier molecular flexibility index (Phi) is 3.58. The molecule has 4 rings (SSSR count). The Morgan fingerprint density at radius 2 is 1.57 bits per heavy atom. The normalized spacial score (nSPS) is 37.9. The zero-order valence-electron chi connectivity index (χ0n) is 15.0. The van der Waals surface area contributed by atoms with Crippen molar-refractivity contribution in [1.82, 2.24) is 14.8 Å². The molecule has 0 N–H and O–H groups in total. The van der Waals surface area contributed by atoms with Crippen molar-refractivity contribution in [3.63, 3.8) is 0 Å². The summed E-state index contributed by atoms with van der Waals surface area (Å²) in [6.07, 6.45) is 10.7. The van der Waals surface area contributed by atoms with Gasteiger partial charge in [-0.1, -0.05) is 6.92 Å². The molecule has 2 saturated heterocycles. The Labute approximate surface area is 141 Å². The number of hydrogen-bond acceptors (Lipinski definition) is 3. The molecular formula is C20H31N3. The summed E-state index contributed by atoms with van der Waals surface area (Å²) in [4.78, 5) is 9.51. The monoisotopic (exact) mass is 313 g/mol. The highest BCUT2D eigenvalue weighted by Gasteiger charge is 2.55. The minimum Gasteiger partial charge on any atom is -0.306 e. The molecule has 126 valence electrons. The molecule has 3 fully saturated rings. The number of hydrogen-bond donors (Lipinski definition) is 0. The number of nitrogens with zero attached hydrogens (tertiary/aromatic N) is 3. The fraction of sp³-hybridized carbons (Fsp3) is 0.750. The fourth-order valence-electron chi connectivity index (χ4n) is 5.71. The van der Waals surface area contributed by atoms with Crippen molar-refractivity contribution in [2.24, 2.45) is 5.41 Å². The Morgan fingerprint density at radius 3 is 2.22 bits per heavy atom. The molecular weight excluding hydrogens is 282 g/mol. The van der Waals surface area contributed by atoms with Gasteiger partial charge in [-0.25, -0.2) is 0 Å². The van der Waals surface area contributed by atoms with Crippen molar-refractivity contribution in [2.45, 2.75) is 56.9 Å². The maximum absolute atomic E-state index is 4.18. The van der Waals surface area contributed by atoms with Crippen LogP contribution in [0.25, 0.3) is 0 Å². The molecule has 0 aromatic carbocycles. The second-order valence-corrected chi connectivity index (χ2v) is 9.12. The van der Waals surface area contributed by atoms with Gasteiger partial charge in [0.1, 0.15) is 0 Å². The van der Waals surface area contributed by atoms with Crippen LogP contribution in [0.3, 0.4) is 0 Å². The quantitative estimate of drug-likeness (QED) is 0.835. The number of likely N-dealkylation sites (tertiary alicyclic amines) is 2. The van der Waals surface area contributed by atoms with Crippen LogP contribution in [-0.2, 0) is 5.41 Å². The van der Waals surface area contributed by atoms with Crippen LogP contribution in [0, 0.1) is 5.41 Å². The summed E-state index contributed by atoms with van der Waals surface area (Å²) in [5.74, 6) is 0. The highest BCUT2D eigenvalue weighted by Crippen LogP contribution is 2.55. The summed E-state index contributed by atoms with van der Waals surface area (Å²) in [7, 11) is 2.27. The minimum atomic E-state index is 0.347. The molecule has 3 aliphatic rings. The Morgan fingerprint density at radius 1 is 0.957 bits per heavy atom. The molecule has 23 heavy (non-hydrogen) atoms. The smallest absolute Gasteiger partial charge is 0.0270 e. The zero-order valence-corrected chi connectivity index (χ0v) is 15.0. The first kappa shape index (κ1) is 15.6. The van der Waals surface area contributed by atoms with Crippen LogP contribution in [0.15, 0.2) is 24.5 Å². The van der Waals surface area contributed by atoms with Gasteiger partial charge in [-0.15, -0.1) is 0 Å². The van der Waals surface area contributed by atoms with Crippen molar-refractivity contribution in [3.05, 3.63) is 30.1 Å². The van der Waals surface area contributed by atoms with E-state index in [0.29, 0.717) is 16.4 Å². The van der Waals surface area contributed by atoms with E-state index >= 15 is 0 Å². The fourth-order valence-corrected chi connectivity index (χ4v) is 5.71. The van der Waals surface area contributed by atoms with Gasteiger partial charge in [0.15, 0.2) is 0 Å². The first-order valence-corrected chi connectivity index (χ1v) is 9.27. The van der Waals surface area contributed by atoms with E-state index in [4.69, 9.17) is 0 Å². The number of rotatable bonds is 2. The lowest BCUT2D eigenvalue weighted by molar-refractivity contribution is -0.0207. The second-order valence-electron chi connectivity index (χ2n) is 9.12. The van der Waals surface area contributed by atoms with E-state index in [2.05, 4.69) is 47.8 Å². The van der Waals surface area contributed by atoms with Crippen LogP contribution in [0.1, 0.15) is 51.5 Å². The lowest BCUT2D eigenvalue weighted by Crippen LogP contribution is -2.61. The van der Waals surface area contributed by atoms with Crippen LogP contribution < -0.4 is 0 Å². The second kappa shape index (κ2) is 5.29. The van der Waals surface area contributed by atoms with Gasteiger partial charge in [0.05, 0.1) is 0 Å². The molecule has 3 heteroatoms. The lowest BCUT2D eigenvalue weighted by atomic mass is 9.55. The highest BCUT2D eigenvalue weighted by molar-refractivity contribution is 5.29. The molecule has 1 spiro atoms. The maximum atomic E-state index is 4.18. The van der Waals surface area contributed by atoms with Crippen LogP contribution in [-0.4, -0.2) is 53.5 Å². The van der Waals surface area contributed by atoms with E-state index < -0.39 is 0 Å². The SMILES string of the molecule is CN1CCC2(CC1)CCN(C1(C)CC(C)(c3ccncc3)C1)C2. The van der Waals surface area contributed by atoms with Crippen molar-refractivity contribution in [1.29, 1.82) is 0 Å². The van der Waals surface area contributed by atoms with Crippen LogP contribution >= 0.6 is 0 Å². The molecule has 3 heterocycles. The van der Waals surface area contributed by atoms with Crippen LogP contribution in [0.2, 0.25) is 0 Å². The van der Waals surface area contributed by atoms with Gasteiger partial charge in [-0.05, 0) is 94.2 Å². The third-order valence-electron chi connectivity index (χ3n) is 7.17. The molecule has 0 radical (unpaired) electrons. The average molecular weight is 313 g/mol. The average Bonchev–Trinajstić information content (AvgIpc) is 2.95. The molecule has 1 aromatic heterocycles. The van der Waals surface area contributed by atoms with Crippen molar-refractivity contribution in [2.75, 3.05) is 33.2 Å². The van der Waals surface area contributed by atoms with Gasteiger partial charge in [-0.3, -0.25) is 9.88 Å². The predicted molar refractivity (Wildman–Crippen MR) is 94.6 cm³/mol. The van der Waals surface area contributed by atoms with Crippen molar-refractivity contribution < 1.29 is 0 Å². The first-order chi connectivity index (χ1) is 10.9. The molecule has 3 nitrogen and oxygen atoms in total. The van der Waals surface area contributed by atoms with E-state index in [1.165, 1.54) is 63.8 Å². The third-order valence-corrected chi connectivity index (χ3v) is 7.17. The topological polar surface area (TPSA) is 19.4 Å². The standard InChI is InChI=1S/C20H31N3/c1-18(17-4-9-21-10-5-17)14-19(2,15-18)23-13-8-20(16-23)6-11-22(3)12-7-20/h4-5,9-10H,6-8,11-16H2,1-3H3. The predicted octanol–water partition coefficient (Wildman–Crippen LogP) is 3.31. The van der Waals surface area contributed by atoms with E-state index in [9.17, 15) is 0 Å². The van der Waals surface area contributed by atoms with Gasteiger partial charge in [0, 0.05) is 24.5 Å². The summed E-state index contributed by atoms with van der Waals surface area (Å²) in [6.45, 7) is 10.2. The Hall–Kier alpha value is -0.930. The van der Waals surface area contributed by atoms with Gasteiger partial charge in [0.2, 0.25) is 0 Å². The van der Waals surface area contributed by atoms with Crippen LogP contribution in [0.5, 0.6) is 0 Å². The Balaban J connectivity index is 1.42. The highest BCUT2D eigenvalue weighted by atomic mass is 15.2. The molecule has 0 bridgehead atoms. The summed E-state index contributed by atoms with van der Waals surface area (Å²) in [5, 5.41) is 0. The van der Waals surface area contributed by atoms with Gasteiger partial charge in [0.25, 0.3) is 0 Å². The van der Waals surface area contributed by atoms with E-state index in [-0.39, 0.29) is 0 Å². The summed E-state index contributed by atoms with van der Waals surface area (Å²) in [6, 6.07) is 4.42. The van der Waals surface area contributed by atoms with Crippen molar-refractivity contribution >= 4 is 0 Å². The number of aromatic nitrogens is 1. The van der Waals surface area contributed by atoms with Gasteiger partial charge >= 0.3 is 0 Å². The maximum Gasteiger partial charge on any atom is 0.0270 e. The summed E-state index contributed by atoms with van der Waals surface area (Å²) >= 11 is 0.